The van der Waals surface area contributed by atoms with Crippen molar-refractivity contribution in [2.45, 2.75) is 19.2 Å². The number of likely N-dealkylation sites (tertiary alicyclic amines) is 1. The molecule has 0 aromatic heterocycles. The molecule has 2 rings (SSSR count). The summed E-state index contributed by atoms with van der Waals surface area (Å²) in [5, 5.41) is 2.64. The van der Waals surface area contributed by atoms with Gasteiger partial charge in [-0.1, -0.05) is 0 Å². The predicted molar refractivity (Wildman–Crippen MR) is 67.4 cm³/mol. The van der Waals surface area contributed by atoms with Crippen molar-refractivity contribution in [2.75, 3.05) is 25.0 Å². The molecule has 1 N–H and O–H groups in total. The SMILES string of the molecule is O=C(CN1CCCC1)Nc1ccc(OC(F)(F)F)cc1.[Cl-]. The first-order valence-electron chi connectivity index (χ1n) is 6.30. The van der Waals surface area contributed by atoms with Crippen molar-refractivity contribution in [1.82, 2.24) is 4.90 Å². The Balaban J connectivity index is 0.00000220. The molecule has 0 aliphatic carbocycles. The summed E-state index contributed by atoms with van der Waals surface area (Å²) >= 11 is 0. The molecule has 0 radical (unpaired) electrons. The van der Waals surface area contributed by atoms with Crippen LogP contribution in [-0.2, 0) is 4.79 Å². The number of anilines is 1. The fourth-order valence-electron chi connectivity index (χ4n) is 2.08. The van der Waals surface area contributed by atoms with Gasteiger partial charge in [0.25, 0.3) is 0 Å². The zero-order valence-electron chi connectivity index (χ0n) is 11.1. The van der Waals surface area contributed by atoms with E-state index in [2.05, 4.69) is 10.1 Å². The zero-order valence-corrected chi connectivity index (χ0v) is 11.9. The van der Waals surface area contributed by atoms with Gasteiger partial charge in [-0.25, -0.2) is 0 Å². The number of hydrogen-bond acceptors (Lipinski definition) is 3. The highest BCUT2D eigenvalue weighted by atomic mass is 35.5. The first-order chi connectivity index (χ1) is 9.42. The van der Waals surface area contributed by atoms with Crippen molar-refractivity contribution < 1.29 is 35.1 Å². The van der Waals surface area contributed by atoms with Gasteiger partial charge in [-0.05, 0) is 50.2 Å². The number of alkyl halides is 3. The van der Waals surface area contributed by atoms with Crippen molar-refractivity contribution in [1.29, 1.82) is 0 Å². The average Bonchev–Trinajstić information content (AvgIpc) is 2.82. The van der Waals surface area contributed by atoms with Crippen LogP contribution in [0.3, 0.4) is 0 Å². The number of amides is 1. The molecule has 0 saturated carbocycles. The first-order valence-corrected chi connectivity index (χ1v) is 6.30. The second-order valence-corrected chi connectivity index (χ2v) is 4.60. The molecule has 1 heterocycles. The van der Waals surface area contributed by atoms with Crippen molar-refractivity contribution in [3.63, 3.8) is 0 Å². The Morgan fingerprint density at radius 2 is 1.76 bits per heavy atom. The van der Waals surface area contributed by atoms with Gasteiger partial charge in [0.05, 0.1) is 6.54 Å². The third kappa shape index (κ3) is 6.22. The van der Waals surface area contributed by atoms with E-state index in [0.717, 1.165) is 25.9 Å². The van der Waals surface area contributed by atoms with E-state index in [1.54, 1.807) is 0 Å². The number of hydrogen-bond donors (Lipinski definition) is 1. The van der Waals surface area contributed by atoms with E-state index in [-0.39, 0.29) is 24.1 Å². The number of ether oxygens (including phenoxy) is 1. The summed E-state index contributed by atoms with van der Waals surface area (Å²) < 4.78 is 39.7. The van der Waals surface area contributed by atoms with E-state index in [4.69, 9.17) is 0 Å². The molecule has 4 nitrogen and oxygen atoms in total. The van der Waals surface area contributed by atoms with E-state index in [0.29, 0.717) is 12.2 Å². The smallest absolute Gasteiger partial charge is 0.573 e. The molecule has 0 spiro atoms. The number of carbonyl (C=O) groups excluding carboxylic acids is 1. The van der Waals surface area contributed by atoms with Crippen molar-refractivity contribution in [2.24, 2.45) is 0 Å². The Hall–Kier alpha value is -1.47. The Bertz CT molecular complexity index is 459. The number of benzene rings is 1. The van der Waals surface area contributed by atoms with E-state index in [1.165, 1.54) is 24.3 Å². The second kappa shape index (κ2) is 7.51. The first kappa shape index (κ1) is 17.6. The largest absolute Gasteiger partial charge is 1.00 e. The van der Waals surface area contributed by atoms with Gasteiger partial charge in [-0.15, -0.1) is 13.2 Å². The lowest BCUT2D eigenvalue weighted by atomic mass is 10.3. The number of nitrogens with one attached hydrogen (secondary N) is 1. The molecule has 0 bridgehead atoms. The van der Waals surface area contributed by atoms with Crippen LogP contribution in [0.5, 0.6) is 5.75 Å². The van der Waals surface area contributed by atoms with Crippen molar-refractivity contribution in [3.8, 4) is 5.75 Å². The minimum absolute atomic E-state index is 0. The minimum atomic E-state index is -4.71. The molecule has 1 fully saturated rings. The summed E-state index contributed by atoms with van der Waals surface area (Å²) in [5.41, 5.74) is 0.448. The van der Waals surface area contributed by atoms with Gasteiger partial charge in [-0.2, -0.15) is 0 Å². The lowest BCUT2D eigenvalue weighted by molar-refractivity contribution is -0.274. The molecule has 118 valence electrons. The van der Waals surface area contributed by atoms with Crippen LogP contribution in [0.2, 0.25) is 0 Å². The second-order valence-electron chi connectivity index (χ2n) is 4.60. The fraction of sp³-hybridized carbons (Fsp3) is 0.462. The zero-order chi connectivity index (χ0) is 14.6. The maximum atomic E-state index is 12.0. The van der Waals surface area contributed by atoms with Gasteiger partial charge in [0, 0.05) is 5.69 Å². The molecule has 1 aliphatic rings. The van der Waals surface area contributed by atoms with Crippen LogP contribution < -0.4 is 22.5 Å². The Labute approximate surface area is 126 Å². The van der Waals surface area contributed by atoms with Crippen LogP contribution in [0.25, 0.3) is 0 Å². The standard InChI is InChI=1S/C13H15F3N2O2.ClH/c14-13(15,16)20-11-5-3-10(4-6-11)17-12(19)9-18-7-1-2-8-18;/h3-6H,1-2,7-9H2,(H,17,19);1H/p-1. The lowest BCUT2D eigenvalue weighted by Crippen LogP contribution is -3.00. The molecule has 1 saturated heterocycles. The molecular formula is C13H15ClF3N2O2-. The maximum Gasteiger partial charge on any atom is 0.573 e. The van der Waals surface area contributed by atoms with Crippen molar-refractivity contribution >= 4 is 11.6 Å². The quantitative estimate of drug-likeness (QED) is 0.821. The Kier molecular flexibility index (Phi) is 6.29. The van der Waals surface area contributed by atoms with Crippen LogP contribution in [0.15, 0.2) is 24.3 Å². The van der Waals surface area contributed by atoms with Gasteiger partial charge in [0.15, 0.2) is 0 Å². The van der Waals surface area contributed by atoms with Crippen LogP contribution >= 0.6 is 0 Å². The summed E-state index contributed by atoms with van der Waals surface area (Å²) in [4.78, 5) is 13.8. The Morgan fingerprint density at radius 1 is 1.19 bits per heavy atom. The maximum absolute atomic E-state index is 12.0. The summed E-state index contributed by atoms with van der Waals surface area (Å²) in [5.74, 6) is -0.480. The fourth-order valence-corrected chi connectivity index (χ4v) is 2.08. The molecule has 1 aliphatic heterocycles. The van der Waals surface area contributed by atoms with Crippen molar-refractivity contribution in [3.05, 3.63) is 24.3 Å². The monoisotopic (exact) mass is 323 g/mol. The number of halogens is 4. The normalized spacial score (nSPS) is 15.4. The summed E-state index contributed by atoms with van der Waals surface area (Å²) in [6.45, 7) is 2.12. The predicted octanol–water partition coefficient (Wildman–Crippen LogP) is -0.376. The molecular weight excluding hydrogens is 309 g/mol. The summed E-state index contributed by atoms with van der Waals surface area (Å²) in [6, 6.07) is 5.09. The van der Waals surface area contributed by atoms with E-state index in [9.17, 15) is 18.0 Å². The topological polar surface area (TPSA) is 41.6 Å². The van der Waals surface area contributed by atoms with Crippen LogP contribution in [0.1, 0.15) is 12.8 Å². The highest BCUT2D eigenvalue weighted by Crippen LogP contribution is 2.23. The van der Waals surface area contributed by atoms with Crippen LogP contribution in [0, 0.1) is 0 Å². The molecule has 1 amide bonds. The highest BCUT2D eigenvalue weighted by molar-refractivity contribution is 5.92. The van der Waals surface area contributed by atoms with Gasteiger partial charge in [0.2, 0.25) is 5.91 Å². The Morgan fingerprint density at radius 3 is 2.29 bits per heavy atom. The molecule has 1 aromatic carbocycles. The molecule has 21 heavy (non-hydrogen) atoms. The summed E-state index contributed by atoms with van der Waals surface area (Å²) in [7, 11) is 0. The highest BCUT2D eigenvalue weighted by Gasteiger charge is 2.30. The van der Waals surface area contributed by atoms with Gasteiger partial charge in [0.1, 0.15) is 5.75 Å². The molecule has 8 heteroatoms. The third-order valence-corrected chi connectivity index (χ3v) is 2.94. The molecule has 1 aromatic rings. The van der Waals surface area contributed by atoms with E-state index in [1.807, 2.05) is 4.90 Å². The van der Waals surface area contributed by atoms with Crippen LogP contribution in [0.4, 0.5) is 18.9 Å². The van der Waals surface area contributed by atoms with E-state index >= 15 is 0 Å². The third-order valence-electron chi connectivity index (χ3n) is 2.94. The molecule has 0 unspecified atom stereocenters. The molecule has 0 atom stereocenters. The number of rotatable bonds is 4. The van der Waals surface area contributed by atoms with Gasteiger partial charge in [-0.3, -0.25) is 9.69 Å². The van der Waals surface area contributed by atoms with Crippen LogP contribution in [-0.4, -0.2) is 36.8 Å². The lowest BCUT2D eigenvalue weighted by Gasteiger charge is -2.14. The minimum Gasteiger partial charge on any atom is -1.00 e. The summed E-state index contributed by atoms with van der Waals surface area (Å²) in [6.07, 6.45) is -2.52. The average molecular weight is 324 g/mol. The number of nitrogens with zero attached hydrogens (tertiary/aromatic N) is 1. The van der Waals surface area contributed by atoms with E-state index < -0.39 is 6.36 Å². The van der Waals surface area contributed by atoms with Gasteiger partial charge < -0.3 is 22.5 Å². The number of carbonyl (C=O) groups is 1. The van der Waals surface area contributed by atoms with Gasteiger partial charge >= 0.3 is 6.36 Å².